The van der Waals surface area contributed by atoms with Crippen LogP contribution in [0.1, 0.15) is 63.1 Å². The summed E-state index contributed by atoms with van der Waals surface area (Å²) in [4.78, 5) is 26.0. The summed E-state index contributed by atoms with van der Waals surface area (Å²) in [6, 6.07) is 1.97. The summed E-state index contributed by atoms with van der Waals surface area (Å²) in [6.07, 6.45) is 12.6. The number of carbonyl (C=O) groups excluding carboxylic acids is 1. The topological polar surface area (TPSA) is 78.0 Å². The summed E-state index contributed by atoms with van der Waals surface area (Å²) in [6.45, 7) is 0.835. The van der Waals surface area contributed by atoms with Crippen molar-refractivity contribution in [2.45, 2.75) is 57.4 Å². The fraction of sp³-hybridized carbons (Fsp3) is 0.619. The van der Waals surface area contributed by atoms with Crippen LogP contribution < -0.4 is 4.90 Å². The molecule has 7 nitrogen and oxygen atoms in total. The quantitative estimate of drug-likeness (QED) is 0.855. The van der Waals surface area contributed by atoms with Gasteiger partial charge in [-0.05, 0) is 37.7 Å². The Bertz CT molecular complexity index is 811. The zero-order valence-electron chi connectivity index (χ0n) is 16.9. The summed E-state index contributed by atoms with van der Waals surface area (Å²) in [5.41, 5.74) is 2.81. The standard InChI is InChI=1S/C21H30N6O/c1-26(2)21-22-11-10-17(24-21)16-14-23-25-20(16)18-9-6-12-27(18)19(28)13-15-7-4-3-5-8-15/h10-11,14-15,18H,3-9,12-13H2,1-2H3,(H,23,25)/t18-/m1/s1. The van der Waals surface area contributed by atoms with Crippen molar-refractivity contribution in [3.8, 4) is 11.3 Å². The maximum Gasteiger partial charge on any atom is 0.225 e. The SMILES string of the molecule is CN(C)c1nccc(-c2cn[nH]c2[C@H]2CCCN2C(=O)CC2CCCCC2)n1. The lowest BCUT2D eigenvalue weighted by Gasteiger charge is -2.28. The number of H-pyrrole nitrogens is 1. The highest BCUT2D eigenvalue weighted by molar-refractivity contribution is 5.78. The molecule has 7 heteroatoms. The molecule has 150 valence electrons. The molecular weight excluding hydrogens is 352 g/mol. The summed E-state index contributed by atoms with van der Waals surface area (Å²) >= 11 is 0. The fourth-order valence-electron chi connectivity index (χ4n) is 4.59. The Kier molecular flexibility index (Phi) is 5.59. The molecule has 1 atom stereocenters. The smallest absolute Gasteiger partial charge is 0.225 e. The van der Waals surface area contributed by atoms with Crippen molar-refractivity contribution >= 4 is 11.9 Å². The number of nitrogens with zero attached hydrogens (tertiary/aromatic N) is 5. The molecule has 2 aromatic rings. The predicted molar refractivity (Wildman–Crippen MR) is 109 cm³/mol. The van der Waals surface area contributed by atoms with Crippen LogP contribution in [0.4, 0.5) is 5.95 Å². The van der Waals surface area contributed by atoms with Gasteiger partial charge in [-0.15, -0.1) is 0 Å². The Morgan fingerprint density at radius 3 is 2.82 bits per heavy atom. The van der Waals surface area contributed by atoms with E-state index in [0.29, 0.717) is 24.2 Å². The van der Waals surface area contributed by atoms with Gasteiger partial charge < -0.3 is 9.80 Å². The molecule has 1 aliphatic heterocycles. The lowest BCUT2D eigenvalue weighted by Crippen LogP contribution is -2.32. The number of amides is 1. The monoisotopic (exact) mass is 382 g/mol. The molecule has 28 heavy (non-hydrogen) atoms. The van der Waals surface area contributed by atoms with Gasteiger partial charge in [0.2, 0.25) is 11.9 Å². The Hall–Kier alpha value is -2.44. The summed E-state index contributed by atoms with van der Waals surface area (Å²) < 4.78 is 0. The number of nitrogens with one attached hydrogen (secondary N) is 1. The summed E-state index contributed by atoms with van der Waals surface area (Å²) in [7, 11) is 3.86. The number of carbonyl (C=O) groups is 1. The molecule has 1 saturated heterocycles. The maximum atomic E-state index is 13.1. The van der Waals surface area contributed by atoms with Gasteiger partial charge in [-0.3, -0.25) is 9.89 Å². The van der Waals surface area contributed by atoms with Gasteiger partial charge in [0.1, 0.15) is 0 Å². The third kappa shape index (κ3) is 3.88. The van der Waals surface area contributed by atoms with Crippen molar-refractivity contribution in [2.75, 3.05) is 25.5 Å². The fourth-order valence-corrected chi connectivity index (χ4v) is 4.59. The minimum atomic E-state index is 0.0614. The van der Waals surface area contributed by atoms with Gasteiger partial charge in [0.05, 0.1) is 23.6 Å². The second kappa shape index (κ2) is 8.29. The van der Waals surface area contributed by atoms with E-state index in [9.17, 15) is 4.79 Å². The van der Waals surface area contributed by atoms with Crippen LogP contribution in [-0.4, -0.2) is 51.6 Å². The molecule has 1 N–H and O–H groups in total. The second-order valence-corrected chi connectivity index (χ2v) is 8.29. The number of hydrogen-bond acceptors (Lipinski definition) is 5. The highest BCUT2D eigenvalue weighted by atomic mass is 16.2. The maximum absolute atomic E-state index is 13.1. The number of anilines is 1. The highest BCUT2D eigenvalue weighted by Crippen LogP contribution is 2.37. The largest absolute Gasteiger partial charge is 0.347 e. The van der Waals surface area contributed by atoms with Gasteiger partial charge in [0.15, 0.2) is 0 Å². The molecule has 4 rings (SSSR count). The van der Waals surface area contributed by atoms with Crippen LogP contribution in [0, 0.1) is 5.92 Å². The second-order valence-electron chi connectivity index (χ2n) is 8.29. The van der Waals surface area contributed by atoms with Gasteiger partial charge in [0, 0.05) is 38.8 Å². The van der Waals surface area contributed by atoms with Crippen molar-refractivity contribution in [1.82, 2.24) is 25.1 Å². The van der Waals surface area contributed by atoms with E-state index < -0.39 is 0 Å². The van der Waals surface area contributed by atoms with Crippen molar-refractivity contribution in [3.63, 3.8) is 0 Å². The Balaban J connectivity index is 1.55. The highest BCUT2D eigenvalue weighted by Gasteiger charge is 2.34. The zero-order valence-corrected chi connectivity index (χ0v) is 16.9. The van der Waals surface area contributed by atoms with E-state index in [1.165, 1.54) is 32.1 Å². The average molecular weight is 383 g/mol. The number of rotatable bonds is 5. The third-order valence-corrected chi connectivity index (χ3v) is 6.08. The Labute approximate surface area is 166 Å². The molecule has 1 amide bonds. The first-order valence-electron chi connectivity index (χ1n) is 10.5. The summed E-state index contributed by atoms with van der Waals surface area (Å²) in [5.74, 6) is 1.53. The first-order valence-corrected chi connectivity index (χ1v) is 10.5. The van der Waals surface area contributed by atoms with Crippen molar-refractivity contribution in [3.05, 3.63) is 24.2 Å². The minimum Gasteiger partial charge on any atom is -0.347 e. The molecule has 0 radical (unpaired) electrons. The van der Waals surface area contributed by atoms with Crippen LogP contribution in [0.3, 0.4) is 0 Å². The number of hydrogen-bond donors (Lipinski definition) is 1. The molecule has 1 saturated carbocycles. The predicted octanol–water partition coefficient (Wildman–Crippen LogP) is 3.57. The van der Waals surface area contributed by atoms with Crippen LogP contribution in [0.15, 0.2) is 18.5 Å². The third-order valence-electron chi connectivity index (χ3n) is 6.08. The molecular formula is C21H30N6O. The van der Waals surface area contributed by atoms with E-state index in [4.69, 9.17) is 0 Å². The van der Waals surface area contributed by atoms with Crippen LogP contribution in [0.5, 0.6) is 0 Å². The molecule has 0 bridgehead atoms. The van der Waals surface area contributed by atoms with E-state index in [-0.39, 0.29) is 6.04 Å². The van der Waals surface area contributed by atoms with E-state index in [2.05, 4.69) is 25.1 Å². The average Bonchev–Trinajstić information content (AvgIpc) is 3.38. The van der Waals surface area contributed by atoms with Crippen molar-refractivity contribution in [1.29, 1.82) is 0 Å². The van der Waals surface area contributed by atoms with Crippen molar-refractivity contribution in [2.24, 2.45) is 5.92 Å². The molecule has 2 aromatic heterocycles. The number of aromatic nitrogens is 4. The molecule has 0 spiro atoms. The van der Waals surface area contributed by atoms with Gasteiger partial charge >= 0.3 is 0 Å². The Morgan fingerprint density at radius 2 is 2.04 bits per heavy atom. The lowest BCUT2D eigenvalue weighted by molar-refractivity contribution is -0.133. The van der Waals surface area contributed by atoms with E-state index >= 15 is 0 Å². The molecule has 2 aliphatic rings. The summed E-state index contributed by atoms with van der Waals surface area (Å²) in [5, 5.41) is 7.46. The Morgan fingerprint density at radius 1 is 1.21 bits per heavy atom. The lowest BCUT2D eigenvalue weighted by atomic mass is 9.86. The van der Waals surface area contributed by atoms with Crippen LogP contribution in [-0.2, 0) is 4.79 Å². The van der Waals surface area contributed by atoms with Crippen LogP contribution in [0.25, 0.3) is 11.3 Å². The van der Waals surface area contributed by atoms with Gasteiger partial charge in [-0.2, -0.15) is 5.10 Å². The molecule has 0 aromatic carbocycles. The van der Waals surface area contributed by atoms with Gasteiger partial charge in [0.25, 0.3) is 0 Å². The van der Waals surface area contributed by atoms with Crippen LogP contribution in [0.2, 0.25) is 0 Å². The van der Waals surface area contributed by atoms with E-state index in [1.807, 2.05) is 31.3 Å². The van der Waals surface area contributed by atoms with Gasteiger partial charge in [-0.1, -0.05) is 19.3 Å². The van der Waals surface area contributed by atoms with E-state index in [0.717, 1.165) is 36.3 Å². The van der Waals surface area contributed by atoms with E-state index in [1.54, 1.807) is 6.20 Å². The first kappa shape index (κ1) is 18.9. The normalized spacial score (nSPS) is 20.5. The van der Waals surface area contributed by atoms with Gasteiger partial charge in [-0.25, -0.2) is 9.97 Å². The first-order chi connectivity index (χ1) is 13.6. The zero-order chi connectivity index (χ0) is 19.5. The van der Waals surface area contributed by atoms with Crippen molar-refractivity contribution < 1.29 is 4.79 Å². The van der Waals surface area contributed by atoms with Crippen LogP contribution >= 0.6 is 0 Å². The molecule has 0 unspecified atom stereocenters. The molecule has 1 aliphatic carbocycles. The molecule has 2 fully saturated rings. The number of likely N-dealkylation sites (tertiary alicyclic amines) is 1. The molecule has 3 heterocycles. The number of aromatic amines is 1. The minimum absolute atomic E-state index is 0.0614.